The largest absolute Gasteiger partial charge is 0.493 e. The molecule has 1 aliphatic rings. The maximum atomic E-state index is 12.3. The number of amides is 1. The van der Waals surface area contributed by atoms with Crippen LogP contribution in [-0.2, 0) is 4.79 Å². The van der Waals surface area contributed by atoms with E-state index in [0.717, 1.165) is 5.56 Å². The lowest BCUT2D eigenvalue weighted by atomic mass is 9.95. The number of hydrogen-bond acceptors (Lipinski definition) is 7. The number of carbonyl (C=O) groups is 1. The van der Waals surface area contributed by atoms with Crippen molar-refractivity contribution < 1.29 is 18.7 Å². The molecule has 2 aromatic heterocycles. The van der Waals surface area contributed by atoms with Gasteiger partial charge in [0, 0.05) is 5.70 Å². The highest BCUT2D eigenvalue weighted by atomic mass is 16.5. The summed E-state index contributed by atoms with van der Waals surface area (Å²) in [5.41, 5.74) is 7.45. The Hall–Kier alpha value is -3.75. The second-order valence-electron chi connectivity index (χ2n) is 6.23. The Morgan fingerprint density at radius 1 is 1.25 bits per heavy atom. The molecule has 1 unspecified atom stereocenters. The summed E-state index contributed by atoms with van der Waals surface area (Å²) < 4.78 is 17.7. The Bertz CT molecular complexity index is 1070. The van der Waals surface area contributed by atoms with Crippen molar-refractivity contribution in [3.8, 4) is 23.1 Å². The summed E-state index contributed by atoms with van der Waals surface area (Å²) in [7, 11) is 3.11. The van der Waals surface area contributed by atoms with Gasteiger partial charge in [-0.25, -0.2) is 4.68 Å². The second-order valence-corrected chi connectivity index (χ2v) is 6.23. The third-order valence-electron chi connectivity index (χ3n) is 4.58. The van der Waals surface area contributed by atoms with Crippen LogP contribution in [0.1, 0.15) is 18.5 Å². The third kappa shape index (κ3) is 2.77. The molecule has 0 radical (unpaired) electrons. The number of carbonyl (C=O) groups excluding carboxylic acids is 1. The van der Waals surface area contributed by atoms with Crippen molar-refractivity contribution in [1.82, 2.24) is 14.8 Å². The third-order valence-corrected chi connectivity index (χ3v) is 4.58. The van der Waals surface area contributed by atoms with Gasteiger partial charge >= 0.3 is 0 Å². The van der Waals surface area contributed by atoms with Gasteiger partial charge in [-0.1, -0.05) is 6.07 Å². The van der Waals surface area contributed by atoms with Gasteiger partial charge < -0.3 is 24.9 Å². The average molecular weight is 381 g/mol. The van der Waals surface area contributed by atoms with E-state index in [-0.39, 0.29) is 0 Å². The SMILES string of the molecule is COc1ccc(C2C(C(N)=O)=C(C)Nc3nc(-c4ccco4)nn32)cc1OC. The van der Waals surface area contributed by atoms with Crippen LogP contribution in [0.25, 0.3) is 11.6 Å². The monoisotopic (exact) mass is 381 g/mol. The van der Waals surface area contributed by atoms with Crippen LogP contribution < -0.4 is 20.5 Å². The van der Waals surface area contributed by atoms with Gasteiger partial charge in [0.2, 0.25) is 17.7 Å². The lowest BCUT2D eigenvalue weighted by molar-refractivity contribution is -0.115. The average Bonchev–Trinajstić information content (AvgIpc) is 3.35. The summed E-state index contributed by atoms with van der Waals surface area (Å²) in [5.74, 6) is 1.97. The number of benzene rings is 1. The number of furan rings is 1. The van der Waals surface area contributed by atoms with Crippen molar-refractivity contribution in [1.29, 1.82) is 0 Å². The van der Waals surface area contributed by atoms with Crippen LogP contribution in [0.2, 0.25) is 0 Å². The standard InChI is InChI=1S/C19H19N5O4/c1-10-15(17(20)25)16(11-6-7-12(26-2)14(9-11)27-3)24-19(21-10)22-18(23-24)13-5-4-8-28-13/h4-9,16H,1-3H3,(H2,20,25)(H,21,22,23). The molecule has 144 valence electrons. The first-order valence-corrected chi connectivity index (χ1v) is 8.53. The molecule has 1 amide bonds. The number of allylic oxidation sites excluding steroid dienone is 1. The fourth-order valence-corrected chi connectivity index (χ4v) is 3.31. The maximum Gasteiger partial charge on any atom is 0.248 e. The van der Waals surface area contributed by atoms with Crippen LogP contribution in [0.3, 0.4) is 0 Å². The molecule has 28 heavy (non-hydrogen) atoms. The Balaban J connectivity index is 1.89. The number of hydrogen-bond donors (Lipinski definition) is 2. The van der Waals surface area contributed by atoms with Gasteiger partial charge in [-0.3, -0.25) is 4.79 Å². The summed E-state index contributed by atoms with van der Waals surface area (Å²) >= 11 is 0. The predicted molar refractivity (Wildman–Crippen MR) is 101 cm³/mol. The first-order valence-electron chi connectivity index (χ1n) is 8.53. The molecule has 0 bridgehead atoms. The molecule has 0 saturated carbocycles. The minimum absolute atomic E-state index is 0.385. The summed E-state index contributed by atoms with van der Waals surface area (Å²) in [6.45, 7) is 1.78. The van der Waals surface area contributed by atoms with Gasteiger partial charge in [-0.15, -0.1) is 5.10 Å². The summed E-state index contributed by atoms with van der Waals surface area (Å²) in [5, 5.41) is 7.65. The zero-order chi connectivity index (χ0) is 19.8. The van der Waals surface area contributed by atoms with E-state index in [2.05, 4.69) is 15.4 Å². The lowest BCUT2D eigenvalue weighted by Crippen LogP contribution is -2.31. The summed E-state index contributed by atoms with van der Waals surface area (Å²) in [6, 6.07) is 8.35. The molecule has 1 atom stereocenters. The second kappa shape index (κ2) is 6.76. The molecule has 4 rings (SSSR count). The number of anilines is 1. The summed E-state index contributed by atoms with van der Waals surface area (Å²) in [4.78, 5) is 16.8. The number of methoxy groups -OCH3 is 2. The van der Waals surface area contributed by atoms with Gasteiger partial charge in [-0.05, 0) is 36.8 Å². The maximum absolute atomic E-state index is 12.3. The number of aromatic nitrogens is 3. The minimum Gasteiger partial charge on any atom is -0.493 e. The van der Waals surface area contributed by atoms with Gasteiger partial charge in [0.1, 0.15) is 6.04 Å². The highest BCUT2D eigenvalue weighted by Crippen LogP contribution is 2.39. The highest BCUT2D eigenvalue weighted by molar-refractivity contribution is 5.95. The van der Waals surface area contributed by atoms with E-state index in [0.29, 0.717) is 40.3 Å². The van der Waals surface area contributed by atoms with Crippen LogP contribution in [-0.4, -0.2) is 34.9 Å². The van der Waals surface area contributed by atoms with Gasteiger partial charge in [-0.2, -0.15) is 4.98 Å². The Morgan fingerprint density at radius 2 is 2.04 bits per heavy atom. The number of ether oxygens (including phenoxy) is 2. The van der Waals surface area contributed by atoms with Crippen molar-refractivity contribution in [2.24, 2.45) is 5.73 Å². The Labute approximate surface area is 160 Å². The zero-order valence-electron chi connectivity index (χ0n) is 15.6. The number of rotatable bonds is 5. The number of fused-ring (bicyclic) bond motifs is 1. The van der Waals surface area contributed by atoms with E-state index in [1.807, 2.05) is 6.07 Å². The first-order chi connectivity index (χ1) is 13.5. The van der Waals surface area contributed by atoms with Crippen LogP contribution >= 0.6 is 0 Å². The molecule has 3 aromatic rings. The smallest absolute Gasteiger partial charge is 0.248 e. The van der Waals surface area contributed by atoms with Crippen LogP contribution in [0.4, 0.5) is 5.95 Å². The van der Waals surface area contributed by atoms with E-state index >= 15 is 0 Å². The van der Waals surface area contributed by atoms with Crippen LogP contribution in [0, 0.1) is 0 Å². The summed E-state index contributed by atoms with van der Waals surface area (Å²) in [6.07, 6.45) is 1.55. The van der Waals surface area contributed by atoms with E-state index in [1.54, 1.807) is 56.4 Å². The molecule has 9 nitrogen and oxygen atoms in total. The van der Waals surface area contributed by atoms with Crippen LogP contribution in [0.15, 0.2) is 52.3 Å². The molecule has 0 aliphatic carbocycles. The highest BCUT2D eigenvalue weighted by Gasteiger charge is 2.34. The number of nitrogens with zero attached hydrogens (tertiary/aromatic N) is 3. The van der Waals surface area contributed by atoms with E-state index in [1.165, 1.54) is 0 Å². The Kier molecular flexibility index (Phi) is 4.26. The van der Waals surface area contributed by atoms with Gasteiger partial charge in [0.05, 0.1) is 26.1 Å². The molecule has 0 saturated heterocycles. The molecule has 3 heterocycles. The van der Waals surface area contributed by atoms with Crippen molar-refractivity contribution in [3.63, 3.8) is 0 Å². The quantitative estimate of drug-likeness (QED) is 0.696. The Morgan fingerprint density at radius 3 is 2.68 bits per heavy atom. The molecule has 0 spiro atoms. The van der Waals surface area contributed by atoms with E-state index in [4.69, 9.17) is 19.6 Å². The normalized spacial score (nSPS) is 15.8. The first kappa shape index (κ1) is 17.7. The zero-order valence-corrected chi connectivity index (χ0v) is 15.6. The van der Waals surface area contributed by atoms with E-state index < -0.39 is 11.9 Å². The van der Waals surface area contributed by atoms with Gasteiger partial charge in [0.15, 0.2) is 17.3 Å². The molecule has 9 heteroatoms. The molecule has 1 aromatic carbocycles. The molecular formula is C19H19N5O4. The fourth-order valence-electron chi connectivity index (χ4n) is 3.31. The molecule has 1 aliphatic heterocycles. The number of nitrogens with one attached hydrogen (secondary N) is 1. The fraction of sp³-hybridized carbons (Fsp3) is 0.211. The van der Waals surface area contributed by atoms with E-state index in [9.17, 15) is 4.79 Å². The number of primary amides is 1. The van der Waals surface area contributed by atoms with Crippen molar-refractivity contribution in [2.75, 3.05) is 19.5 Å². The van der Waals surface area contributed by atoms with Gasteiger partial charge in [0.25, 0.3) is 0 Å². The minimum atomic E-state index is -0.579. The topological polar surface area (TPSA) is 117 Å². The molecule has 0 fully saturated rings. The number of nitrogens with two attached hydrogens (primary N) is 1. The van der Waals surface area contributed by atoms with Crippen molar-refractivity contribution in [2.45, 2.75) is 13.0 Å². The van der Waals surface area contributed by atoms with Crippen molar-refractivity contribution >= 4 is 11.9 Å². The lowest BCUT2D eigenvalue weighted by Gasteiger charge is -2.28. The molecule has 3 N–H and O–H groups in total. The van der Waals surface area contributed by atoms with Crippen LogP contribution in [0.5, 0.6) is 11.5 Å². The van der Waals surface area contributed by atoms with Crippen molar-refractivity contribution in [3.05, 3.63) is 53.4 Å². The predicted octanol–water partition coefficient (Wildman–Crippen LogP) is 2.33. The molecular weight excluding hydrogens is 362 g/mol.